The number of carbonyl (C=O) groups excluding carboxylic acids is 1. The summed E-state index contributed by atoms with van der Waals surface area (Å²) in [5.74, 6) is 3.29. The number of allylic oxidation sites excluding steroid dienone is 1. The van der Waals surface area contributed by atoms with E-state index in [4.69, 9.17) is 4.42 Å². The molecule has 0 radical (unpaired) electrons. The molecule has 8 nitrogen and oxygen atoms in total. The highest BCUT2D eigenvalue weighted by Crippen LogP contribution is 2.38. The molecule has 3 atom stereocenters. The molecule has 0 aliphatic heterocycles. The molecule has 30 heavy (non-hydrogen) atoms. The van der Waals surface area contributed by atoms with Gasteiger partial charge in [0.1, 0.15) is 5.69 Å². The van der Waals surface area contributed by atoms with E-state index in [1.165, 1.54) is 5.57 Å². The van der Waals surface area contributed by atoms with E-state index < -0.39 is 0 Å². The minimum absolute atomic E-state index is 0.0145. The number of carbonyl (C=O) groups is 1. The zero-order chi connectivity index (χ0) is 21.7. The Bertz CT molecular complexity index is 869. The maximum absolute atomic E-state index is 11.0. The van der Waals surface area contributed by atoms with Crippen molar-refractivity contribution in [1.82, 2.24) is 30.4 Å². The average molecular weight is 415 g/mol. The van der Waals surface area contributed by atoms with E-state index in [1.807, 2.05) is 11.6 Å². The Kier molecular flexibility index (Phi) is 7.42. The molecule has 0 aromatic carbocycles. The number of hydrogen-bond acceptors (Lipinski definition) is 6. The SMILES string of the molecule is CC(=O)NCCNCC1C=C(C)C(Cc2nnc(-c3cncn3C)o2)CC1C(C)C. The lowest BCUT2D eigenvalue weighted by Gasteiger charge is -2.37. The molecule has 2 heterocycles. The van der Waals surface area contributed by atoms with E-state index in [-0.39, 0.29) is 5.91 Å². The third-order valence-electron chi connectivity index (χ3n) is 6.06. The third-order valence-corrected chi connectivity index (χ3v) is 6.06. The van der Waals surface area contributed by atoms with Crippen molar-refractivity contribution in [1.29, 1.82) is 0 Å². The van der Waals surface area contributed by atoms with Crippen molar-refractivity contribution in [3.8, 4) is 11.6 Å². The van der Waals surface area contributed by atoms with Crippen LogP contribution in [0.15, 0.2) is 28.6 Å². The largest absolute Gasteiger partial charge is 0.419 e. The van der Waals surface area contributed by atoms with Crippen molar-refractivity contribution in [2.24, 2.45) is 30.7 Å². The van der Waals surface area contributed by atoms with Crippen LogP contribution in [0.2, 0.25) is 0 Å². The highest BCUT2D eigenvalue weighted by atomic mass is 16.4. The van der Waals surface area contributed by atoms with E-state index in [0.717, 1.165) is 31.6 Å². The van der Waals surface area contributed by atoms with Crippen LogP contribution in [0, 0.1) is 23.7 Å². The first kappa shape index (κ1) is 22.2. The van der Waals surface area contributed by atoms with Crippen LogP contribution in [0.1, 0.15) is 40.0 Å². The molecule has 164 valence electrons. The number of amides is 1. The summed E-state index contributed by atoms with van der Waals surface area (Å²) in [5, 5.41) is 14.8. The van der Waals surface area contributed by atoms with Crippen LogP contribution < -0.4 is 10.6 Å². The summed E-state index contributed by atoms with van der Waals surface area (Å²) in [5.41, 5.74) is 2.22. The zero-order valence-electron chi connectivity index (χ0n) is 18.7. The number of rotatable bonds is 9. The fourth-order valence-electron chi connectivity index (χ4n) is 4.32. The van der Waals surface area contributed by atoms with Crippen molar-refractivity contribution in [3.63, 3.8) is 0 Å². The lowest BCUT2D eigenvalue weighted by molar-refractivity contribution is -0.118. The summed E-state index contributed by atoms with van der Waals surface area (Å²) in [7, 11) is 1.91. The minimum atomic E-state index is 0.0145. The predicted molar refractivity (Wildman–Crippen MR) is 115 cm³/mol. The van der Waals surface area contributed by atoms with Crippen molar-refractivity contribution in [2.75, 3.05) is 19.6 Å². The molecule has 0 fully saturated rings. The van der Waals surface area contributed by atoms with E-state index in [1.54, 1.807) is 19.4 Å². The monoisotopic (exact) mass is 414 g/mol. The van der Waals surface area contributed by atoms with Gasteiger partial charge in [-0.1, -0.05) is 25.5 Å². The van der Waals surface area contributed by atoms with Crippen LogP contribution in [0.3, 0.4) is 0 Å². The van der Waals surface area contributed by atoms with Gasteiger partial charge in [-0.2, -0.15) is 0 Å². The van der Waals surface area contributed by atoms with Crippen LogP contribution in [0.25, 0.3) is 11.6 Å². The summed E-state index contributed by atoms with van der Waals surface area (Å²) in [6.07, 6.45) is 7.76. The third kappa shape index (κ3) is 5.56. The highest BCUT2D eigenvalue weighted by Gasteiger charge is 2.32. The molecule has 2 N–H and O–H groups in total. The van der Waals surface area contributed by atoms with Crippen LogP contribution in [0.5, 0.6) is 0 Å². The van der Waals surface area contributed by atoms with Gasteiger partial charge in [0.05, 0.1) is 12.5 Å². The van der Waals surface area contributed by atoms with Gasteiger partial charge < -0.3 is 19.6 Å². The summed E-state index contributed by atoms with van der Waals surface area (Å²) in [4.78, 5) is 15.1. The second-order valence-electron chi connectivity index (χ2n) is 8.70. The minimum Gasteiger partial charge on any atom is -0.419 e. The van der Waals surface area contributed by atoms with Gasteiger partial charge in [-0.15, -0.1) is 10.2 Å². The van der Waals surface area contributed by atoms with Crippen LogP contribution >= 0.6 is 0 Å². The molecule has 1 aliphatic carbocycles. The van der Waals surface area contributed by atoms with Gasteiger partial charge in [-0.3, -0.25) is 4.79 Å². The van der Waals surface area contributed by atoms with Crippen molar-refractivity contribution in [3.05, 3.63) is 30.1 Å². The summed E-state index contributed by atoms with van der Waals surface area (Å²) >= 11 is 0. The van der Waals surface area contributed by atoms with Crippen LogP contribution in [-0.2, 0) is 18.3 Å². The maximum Gasteiger partial charge on any atom is 0.265 e. The van der Waals surface area contributed by atoms with E-state index in [0.29, 0.717) is 42.0 Å². The fourth-order valence-corrected chi connectivity index (χ4v) is 4.32. The number of nitrogens with zero attached hydrogens (tertiary/aromatic N) is 4. The molecule has 0 spiro atoms. The van der Waals surface area contributed by atoms with Gasteiger partial charge in [-0.05, 0) is 37.0 Å². The molecule has 3 unspecified atom stereocenters. The van der Waals surface area contributed by atoms with E-state index in [9.17, 15) is 4.79 Å². The molecule has 8 heteroatoms. The predicted octanol–water partition coefficient (Wildman–Crippen LogP) is 2.59. The van der Waals surface area contributed by atoms with Gasteiger partial charge in [0, 0.05) is 40.0 Å². The summed E-state index contributed by atoms with van der Waals surface area (Å²) in [6, 6.07) is 0. The van der Waals surface area contributed by atoms with Crippen LogP contribution in [-0.4, -0.2) is 45.3 Å². The van der Waals surface area contributed by atoms with Gasteiger partial charge in [-0.25, -0.2) is 4.98 Å². The topological polar surface area (TPSA) is 97.9 Å². The van der Waals surface area contributed by atoms with Gasteiger partial charge in [0.25, 0.3) is 5.89 Å². The normalized spacial score (nSPS) is 21.7. The Morgan fingerprint density at radius 2 is 2.13 bits per heavy atom. The highest BCUT2D eigenvalue weighted by molar-refractivity contribution is 5.72. The quantitative estimate of drug-likeness (QED) is 0.483. The fraction of sp³-hybridized carbons (Fsp3) is 0.636. The van der Waals surface area contributed by atoms with Gasteiger partial charge in [0.15, 0.2) is 0 Å². The number of aromatic nitrogens is 4. The van der Waals surface area contributed by atoms with E-state index in [2.05, 4.69) is 52.7 Å². The molecule has 1 aliphatic rings. The van der Waals surface area contributed by atoms with Crippen LogP contribution in [0.4, 0.5) is 0 Å². The number of nitrogens with one attached hydrogen (secondary N) is 2. The first-order chi connectivity index (χ1) is 14.3. The van der Waals surface area contributed by atoms with Gasteiger partial charge in [0.2, 0.25) is 11.8 Å². The van der Waals surface area contributed by atoms with Crippen molar-refractivity contribution >= 4 is 5.91 Å². The molecular weight excluding hydrogens is 380 g/mol. The van der Waals surface area contributed by atoms with Crippen molar-refractivity contribution < 1.29 is 9.21 Å². The molecule has 1 amide bonds. The first-order valence-electron chi connectivity index (χ1n) is 10.8. The molecule has 0 saturated heterocycles. The molecule has 2 aromatic heterocycles. The standard InChI is InChI=1S/C22H34N6O2/c1-14(2)19-9-17(15(3)8-18(19)11-23-6-7-25-16(4)29)10-21-26-27-22(30-21)20-12-24-13-28(20)5/h8,12-14,17-19,23H,6-7,9-11H2,1-5H3,(H,25,29). The number of aryl methyl sites for hydroxylation is 1. The Labute approximate surface area is 178 Å². The molecule has 0 bridgehead atoms. The molecule has 2 aromatic rings. The number of hydrogen-bond donors (Lipinski definition) is 2. The Morgan fingerprint density at radius 3 is 2.80 bits per heavy atom. The lowest BCUT2D eigenvalue weighted by atomic mass is 9.70. The second kappa shape index (κ2) is 10.0. The Morgan fingerprint density at radius 1 is 1.33 bits per heavy atom. The van der Waals surface area contributed by atoms with Crippen molar-refractivity contribution in [2.45, 2.75) is 40.5 Å². The zero-order valence-corrected chi connectivity index (χ0v) is 18.7. The smallest absolute Gasteiger partial charge is 0.265 e. The molecule has 0 saturated carbocycles. The maximum atomic E-state index is 11.0. The molecular formula is C22H34N6O2. The second-order valence-corrected chi connectivity index (χ2v) is 8.70. The van der Waals surface area contributed by atoms with E-state index >= 15 is 0 Å². The number of imidazole rings is 1. The summed E-state index contributed by atoms with van der Waals surface area (Å²) < 4.78 is 7.81. The summed E-state index contributed by atoms with van der Waals surface area (Å²) in [6.45, 7) is 10.7. The average Bonchev–Trinajstić information content (AvgIpc) is 3.31. The first-order valence-corrected chi connectivity index (χ1v) is 10.8. The van der Waals surface area contributed by atoms with Gasteiger partial charge >= 0.3 is 0 Å². The lowest BCUT2D eigenvalue weighted by Crippen LogP contribution is -2.37. The molecule has 3 rings (SSSR count). The Hall–Kier alpha value is -2.48. The Balaban J connectivity index is 1.62.